The number of methoxy groups -OCH3 is 1. The van der Waals surface area contributed by atoms with Crippen molar-refractivity contribution in [1.29, 1.82) is 0 Å². The summed E-state index contributed by atoms with van der Waals surface area (Å²) in [7, 11) is 1.48. The van der Waals surface area contributed by atoms with E-state index in [1.807, 2.05) is 0 Å². The van der Waals surface area contributed by atoms with Gasteiger partial charge in [0.25, 0.3) is 0 Å². The van der Waals surface area contributed by atoms with Gasteiger partial charge in [0.2, 0.25) is 0 Å². The Labute approximate surface area is 164 Å². The molecule has 2 rings (SSSR count). The van der Waals surface area contributed by atoms with Crippen LogP contribution in [-0.2, 0) is 4.74 Å². The highest BCUT2D eigenvalue weighted by Crippen LogP contribution is 2.40. The fourth-order valence-corrected chi connectivity index (χ4v) is 3.35. The van der Waals surface area contributed by atoms with Crippen LogP contribution in [0, 0.1) is 5.92 Å². The summed E-state index contributed by atoms with van der Waals surface area (Å²) in [6.45, 7) is 6.38. The van der Waals surface area contributed by atoms with Gasteiger partial charge in [-0.15, -0.1) is 0 Å². The van der Waals surface area contributed by atoms with Gasteiger partial charge in [0, 0.05) is 6.54 Å². The Bertz CT molecular complexity index is 634. The average molecular weight is 402 g/mol. The molecule has 28 heavy (non-hydrogen) atoms. The zero-order valence-electron chi connectivity index (χ0n) is 16.8. The van der Waals surface area contributed by atoms with Crippen molar-refractivity contribution in [3.63, 3.8) is 0 Å². The van der Waals surface area contributed by atoms with Crippen LogP contribution in [0.15, 0.2) is 24.3 Å². The van der Waals surface area contributed by atoms with Gasteiger partial charge < -0.3 is 14.8 Å². The van der Waals surface area contributed by atoms with Gasteiger partial charge in [0.05, 0.1) is 7.11 Å². The van der Waals surface area contributed by atoms with E-state index in [1.165, 1.54) is 24.1 Å². The second-order valence-corrected chi connectivity index (χ2v) is 8.08. The molecule has 0 radical (unpaired) electrons. The third-order valence-corrected chi connectivity index (χ3v) is 4.69. The van der Waals surface area contributed by atoms with E-state index in [0.717, 1.165) is 0 Å². The summed E-state index contributed by atoms with van der Waals surface area (Å²) in [6.07, 6.45) is -3.70. The summed E-state index contributed by atoms with van der Waals surface area (Å²) in [6, 6.07) is 4.38. The normalized spacial score (nSPS) is 17.8. The Morgan fingerprint density at radius 1 is 1.18 bits per heavy atom. The number of amides is 1. The van der Waals surface area contributed by atoms with Crippen molar-refractivity contribution in [2.45, 2.75) is 51.4 Å². The van der Waals surface area contributed by atoms with Crippen molar-refractivity contribution in [3.8, 4) is 5.75 Å². The third kappa shape index (κ3) is 6.58. The summed E-state index contributed by atoms with van der Waals surface area (Å²) in [5, 5.41) is 2.71. The molecule has 1 heterocycles. The predicted octanol–water partition coefficient (Wildman–Crippen LogP) is 4.54. The highest BCUT2D eigenvalue weighted by atomic mass is 19.4. The van der Waals surface area contributed by atoms with Crippen LogP contribution in [0.2, 0.25) is 0 Å². The van der Waals surface area contributed by atoms with Crippen molar-refractivity contribution in [3.05, 3.63) is 29.8 Å². The number of likely N-dealkylation sites (tertiary alicyclic amines) is 1. The molecule has 1 atom stereocenters. The van der Waals surface area contributed by atoms with Crippen molar-refractivity contribution >= 4 is 6.09 Å². The van der Waals surface area contributed by atoms with Crippen LogP contribution >= 0.6 is 0 Å². The van der Waals surface area contributed by atoms with Gasteiger partial charge >= 0.3 is 12.3 Å². The molecule has 1 unspecified atom stereocenters. The molecule has 1 aliphatic rings. The molecule has 0 aromatic heterocycles. The van der Waals surface area contributed by atoms with Gasteiger partial charge in [-0.05, 0) is 70.3 Å². The topological polar surface area (TPSA) is 50.8 Å². The van der Waals surface area contributed by atoms with E-state index in [9.17, 15) is 18.0 Å². The van der Waals surface area contributed by atoms with Gasteiger partial charge in [0.1, 0.15) is 17.4 Å². The fraction of sp³-hybridized carbons (Fsp3) is 0.650. The van der Waals surface area contributed by atoms with E-state index >= 15 is 0 Å². The number of benzene rings is 1. The molecule has 1 aromatic rings. The second kappa shape index (κ2) is 9.03. The van der Waals surface area contributed by atoms with E-state index < -0.39 is 23.9 Å². The highest BCUT2D eigenvalue weighted by Gasteiger charge is 2.45. The SMILES string of the molecule is COc1ccc(C(N2CCC(CNC(=O)OC(C)(C)C)CC2)C(F)(F)F)cc1. The van der Waals surface area contributed by atoms with Gasteiger partial charge in [-0.3, -0.25) is 4.90 Å². The molecule has 0 aliphatic carbocycles. The number of carbonyl (C=O) groups excluding carboxylic acids is 1. The maximum Gasteiger partial charge on any atom is 0.408 e. The van der Waals surface area contributed by atoms with Gasteiger partial charge in [-0.2, -0.15) is 13.2 Å². The molecule has 1 fully saturated rings. The van der Waals surface area contributed by atoms with E-state index in [4.69, 9.17) is 9.47 Å². The van der Waals surface area contributed by atoms with E-state index in [0.29, 0.717) is 38.2 Å². The first-order chi connectivity index (χ1) is 13.0. The predicted molar refractivity (Wildman–Crippen MR) is 100 cm³/mol. The first-order valence-electron chi connectivity index (χ1n) is 9.41. The van der Waals surface area contributed by atoms with E-state index in [1.54, 1.807) is 32.9 Å². The lowest BCUT2D eigenvalue weighted by Crippen LogP contribution is -2.45. The van der Waals surface area contributed by atoms with Crippen molar-refractivity contribution in [1.82, 2.24) is 10.2 Å². The minimum Gasteiger partial charge on any atom is -0.497 e. The molecular formula is C20H29F3N2O3. The standard InChI is InChI=1S/C20H29F3N2O3/c1-19(2,3)28-18(26)24-13-14-9-11-25(12-10-14)17(20(21,22)23)15-5-7-16(27-4)8-6-15/h5-8,14,17H,9-13H2,1-4H3,(H,24,26). The summed E-state index contributed by atoms with van der Waals surface area (Å²) in [5.74, 6) is 0.658. The molecule has 0 saturated carbocycles. The molecule has 1 amide bonds. The summed E-state index contributed by atoms with van der Waals surface area (Å²) < 4.78 is 51.4. The van der Waals surface area contributed by atoms with Crippen LogP contribution in [0.1, 0.15) is 45.2 Å². The van der Waals surface area contributed by atoms with Crippen LogP contribution in [0.5, 0.6) is 5.75 Å². The van der Waals surface area contributed by atoms with Crippen molar-refractivity contribution in [2.24, 2.45) is 5.92 Å². The first kappa shape index (κ1) is 22.3. The van der Waals surface area contributed by atoms with Crippen LogP contribution in [-0.4, -0.2) is 49.5 Å². The Morgan fingerprint density at radius 2 is 1.75 bits per heavy atom. The third-order valence-electron chi connectivity index (χ3n) is 4.69. The zero-order chi connectivity index (χ0) is 20.9. The second-order valence-electron chi connectivity index (χ2n) is 8.08. The molecule has 0 bridgehead atoms. The molecule has 8 heteroatoms. The quantitative estimate of drug-likeness (QED) is 0.786. The number of piperidine rings is 1. The number of nitrogens with zero attached hydrogens (tertiary/aromatic N) is 1. The van der Waals surface area contributed by atoms with Crippen LogP contribution in [0.4, 0.5) is 18.0 Å². The number of hydrogen-bond acceptors (Lipinski definition) is 4. The number of ether oxygens (including phenoxy) is 2. The van der Waals surface area contributed by atoms with Gasteiger partial charge in [-0.25, -0.2) is 4.79 Å². The Morgan fingerprint density at radius 3 is 2.21 bits per heavy atom. The number of alkyl carbamates (subject to hydrolysis) is 1. The van der Waals surface area contributed by atoms with E-state index in [-0.39, 0.29) is 11.5 Å². The highest BCUT2D eigenvalue weighted by molar-refractivity contribution is 5.67. The summed E-state index contributed by atoms with van der Waals surface area (Å²) in [5.41, 5.74) is -0.371. The lowest BCUT2D eigenvalue weighted by Gasteiger charge is -2.38. The molecule has 1 N–H and O–H groups in total. The van der Waals surface area contributed by atoms with Crippen LogP contribution in [0.25, 0.3) is 0 Å². The molecule has 158 valence electrons. The molecule has 0 spiro atoms. The number of halogens is 3. The molecule has 5 nitrogen and oxygen atoms in total. The van der Waals surface area contributed by atoms with Crippen molar-refractivity contribution in [2.75, 3.05) is 26.7 Å². The van der Waals surface area contributed by atoms with Crippen LogP contribution < -0.4 is 10.1 Å². The minimum absolute atomic E-state index is 0.133. The summed E-state index contributed by atoms with van der Waals surface area (Å²) >= 11 is 0. The Balaban J connectivity index is 1.93. The van der Waals surface area contributed by atoms with Crippen LogP contribution in [0.3, 0.4) is 0 Å². The van der Waals surface area contributed by atoms with Gasteiger partial charge in [0.15, 0.2) is 0 Å². The smallest absolute Gasteiger partial charge is 0.408 e. The summed E-state index contributed by atoms with van der Waals surface area (Å²) in [4.78, 5) is 13.2. The molecule has 1 aromatic carbocycles. The largest absolute Gasteiger partial charge is 0.497 e. The zero-order valence-corrected chi connectivity index (χ0v) is 16.8. The number of hydrogen-bond donors (Lipinski definition) is 1. The maximum atomic E-state index is 13.7. The number of carbonyl (C=O) groups is 1. The van der Waals surface area contributed by atoms with Gasteiger partial charge in [-0.1, -0.05) is 12.1 Å². The lowest BCUT2D eigenvalue weighted by atomic mass is 9.94. The minimum atomic E-state index is -4.36. The Kier molecular flexibility index (Phi) is 7.20. The maximum absolute atomic E-state index is 13.7. The number of rotatable bonds is 5. The molecule has 1 saturated heterocycles. The lowest BCUT2D eigenvalue weighted by molar-refractivity contribution is -0.189. The molecule has 1 aliphatic heterocycles. The fourth-order valence-electron chi connectivity index (χ4n) is 3.35. The molecular weight excluding hydrogens is 373 g/mol. The number of alkyl halides is 3. The number of nitrogens with one attached hydrogen (secondary N) is 1. The van der Waals surface area contributed by atoms with Crippen molar-refractivity contribution < 1.29 is 27.4 Å². The monoisotopic (exact) mass is 402 g/mol. The van der Waals surface area contributed by atoms with E-state index in [2.05, 4.69) is 5.32 Å². The average Bonchev–Trinajstić information content (AvgIpc) is 2.59. The first-order valence-corrected chi connectivity index (χ1v) is 9.41. The Hall–Kier alpha value is -1.96.